The molecule has 0 aromatic heterocycles. The standard InChI is InChI=1S/C45H57NO12S2/c1-6-27(3)26-55-44(52)37(46-5)45-59-38-34(57-42(50)30-12-10-28(4)11-13-30)22-23-35(39(38)60-45)58-43(51)32-18-20-33(21-19-32)56-41(49)31-16-14-29(15-17-31)40(48)54-25-9-8-24-53-36(47)7-2/h7,22-23,27-33H,2,6,8-21,24-26H2,1,3-4H3/t27-,28?,29?,30?,31?,32?,33?/m1/s1. The van der Waals surface area contributed by atoms with Gasteiger partial charge in [-0.05, 0) is 114 Å². The Balaban J connectivity index is 1.13. The first-order chi connectivity index (χ1) is 28.9. The van der Waals surface area contributed by atoms with Crippen molar-refractivity contribution >= 4 is 59.3 Å². The lowest BCUT2D eigenvalue weighted by atomic mass is 9.82. The quantitative estimate of drug-likeness (QED) is 0.0364. The lowest BCUT2D eigenvalue weighted by Crippen LogP contribution is -2.33. The number of carbonyl (C=O) groups excluding carboxylic acids is 6. The number of rotatable bonds is 17. The van der Waals surface area contributed by atoms with Crippen molar-refractivity contribution in [1.29, 1.82) is 0 Å². The number of nitrogens with zero attached hydrogens (tertiary/aromatic N) is 1. The van der Waals surface area contributed by atoms with Crippen molar-refractivity contribution in [2.45, 2.75) is 133 Å². The van der Waals surface area contributed by atoms with E-state index in [1.54, 1.807) is 12.1 Å². The Labute approximate surface area is 361 Å². The van der Waals surface area contributed by atoms with Gasteiger partial charge in [0.1, 0.15) is 17.6 Å². The van der Waals surface area contributed by atoms with Crippen LogP contribution in [0.1, 0.15) is 117 Å². The van der Waals surface area contributed by atoms with Crippen LogP contribution in [-0.4, -0.2) is 61.7 Å². The topological polar surface area (TPSA) is 162 Å². The molecule has 0 amide bonds. The number of hydrogen-bond acceptors (Lipinski definition) is 14. The summed E-state index contributed by atoms with van der Waals surface area (Å²) >= 11 is 2.25. The largest absolute Gasteiger partial charge is 0.470 e. The van der Waals surface area contributed by atoms with Crippen LogP contribution in [0.15, 0.2) is 44.5 Å². The molecular weight excluding hydrogens is 811 g/mol. The van der Waals surface area contributed by atoms with E-state index in [0.717, 1.165) is 61.7 Å². The number of ether oxygens (including phenoxy) is 6. The van der Waals surface area contributed by atoms with E-state index in [1.165, 1.54) is 0 Å². The third-order valence-electron chi connectivity index (χ3n) is 11.8. The van der Waals surface area contributed by atoms with E-state index >= 15 is 0 Å². The minimum atomic E-state index is -0.735. The van der Waals surface area contributed by atoms with Crippen molar-refractivity contribution in [3.63, 3.8) is 0 Å². The van der Waals surface area contributed by atoms with E-state index in [9.17, 15) is 28.8 Å². The Hall–Kier alpha value is -4.29. The Morgan fingerprint density at radius 3 is 1.73 bits per heavy atom. The van der Waals surface area contributed by atoms with Gasteiger partial charge in [0.2, 0.25) is 0 Å². The first kappa shape index (κ1) is 46.8. The maximum atomic E-state index is 13.6. The predicted molar refractivity (Wildman–Crippen MR) is 223 cm³/mol. The number of benzene rings is 1. The highest BCUT2D eigenvalue weighted by Crippen LogP contribution is 2.59. The molecule has 1 aromatic rings. The summed E-state index contributed by atoms with van der Waals surface area (Å²) in [6.45, 7) is 17.9. The van der Waals surface area contributed by atoms with Crippen molar-refractivity contribution in [3.8, 4) is 11.5 Å². The molecule has 13 nitrogen and oxygen atoms in total. The van der Waals surface area contributed by atoms with E-state index in [0.29, 0.717) is 84.2 Å². The molecule has 15 heteroatoms. The molecule has 60 heavy (non-hydrogen) atoms. The zero-order valence-corrected chi connectivity index (χ0v) is 36.5. The fraction of sp³-hybridized carbons (Fsp3) is 0.622. The minimum absolute atomic E-state index is 0.130. The van der Waals surface area contributed by atoms with Crippen LogP contribution < -0.4 is 9.47 Å². The Morgan fingerprint density at radius 2 is 1.22 bits per heavy atom. The van der Waals surface area contributed by atoms with Gasteiger partial charge >= 0.3 is 35.8 Å². The lowest BCUT2D eigenvalue weighted by molar-refractivity contribution is -0.160. The molecule has 1 heterocycles. The third-order valence-corrected chi connectivity index (χ3v) is 14.4. The normalized spacial score (nSPS) is 25.0. The summed E-state index contributed by atoms with van der Waals surface area (Å²) < 4.78 is 34.0. The van der Waals surface area contributed by atoms with E-state index < -0.39 is 23.8 Å². The molecule has 3 fully saturated rings. The van der Waals surface area contributed by atoms with E-state index in [4.69, 9.17) is 35.0 Å². The SMILES string of the molecule is [C-]#[N+]C(C(=O)OC[C@H](C)CC)=C1Sc2c(OC(=O)C3CCC(C)CC3)ccc(OC(=O)C3CCC(OC(=O)C4CCC(C(=O)OCCCCOC(=O)C=C)CC4)CC3)c2S1. The van der Waals surface area contributed by atoms with Crippen molar-refractivity contribution in [2.24, 2.45) is 35.5 Å². The number of esters is 6. The Morgan fingerprint density at radius 1 is 0.733 bits per heavy atom. The van der Waals surface area contributed by atoms with Gasteiger partial charge in [0.15, 0.2) is 0 Å². The molecule has 0 unspecified atom stereocenters. The molecule has 4 aliphatic rings. The zero-order valence-electron chi connectivity index (χ0n) is 34.9. The molecule has 1 aliphatic heterocycles. The highest BCUT2D eigenvalue weighted by molar-refractivity contribution is 8.24. The second kappa shape index (κ2) is 23.1. The number of thioether (sulfide) groups is 2. The minimum Gasteiger partial charge on any atom is -0.470 e. The molecule has 1 aromatic carbocycles. The molecule has 3 aliphatic carbocycles. The van der Waals surface area contributed by atoms with Crippen molar-refractivity contribution < 1.29 is 57.2 Å². The average Bonchev–Trinajstić information content (AvgIpc) is 3.71. The van der Waals surface area contributed by atoms with Crippen LogP contribution in [0, 0.1) is 42.1 Å². The van der Waals surface area contributed by atoms with Gasteiger partial charge < -0.3 is 28.4 Å². The maximum absolute atomic E-state index is 13.6. The molecule has 326 valence electrons. The van der Waals surface area contributed by atoms with Gasteiger partial charge in [-0.15, -0.1) is 0 Å². The summed E-state index contributed by atoms with van der Waals surface area (Å²) in [7, 11) is 0. The first-order valence-electron chi connectivity index (χ1n) is 21.3. The molecule has 1 atom stereocenters. The molecule has 0 spiro atoms. The van der Waals surface area contributed by atoms with Gasteiger partial charge in [0, 0.05) is 6.08 Å². The van der Waals surface area contributed by atoms with Gasteiger partial charge in [-0.25, -0.2) is 9.64 Å². The van der Waals surface area contributed by atoms with Gasteiger partial charge in [-0.3, -0.25) is 24.0 Å². The highest BCUT2D eigenvalue weighted by atomic mass is 32.2. The Bertz CT molecular complexity index is 1810. The van der Waals surface area contributed by atoms with Crippen molar-refractivity contribution in [1.82, 2.24) is 0 Å². The monoisotopic (exact) mass is 867 g/mol. The van der Waals surface area contributed by atoms with Crippen molar-refractivity contribution in [2.75, 3.05) is 19.8 Å². The fourth-order valence-electron chi connectivity index (χ4n) is 7.61. The molecule has 5 rings (SSSR count). The third kappa shape index (κ3) is 13.1. The first-order valence-corrected chi connectivity index (χ1v) is 22.9. The van der Waals surface area contributed by atoms with Crippen LogP contribution in [0.4, 0.5) is 0 Å². The zero-order chi connectivity index (χ0) is 43.2. The summed E-state index contributed by atoms with van der Waals surface area (Å²) in [6, 6.07) is 3.19. The summed E-state index contributed by atoms with van der Waals surface area (Å²) in [5.74, 6) is -2.54. The number of hydrogen-bond donors (Lipinski definition) is 0. The van der Waals surface area contributed by atoms with Gasteiger partial charge in [-0.1, -0.05) is 57.3 Å². The molecule has 0 radical (unpaired) electrons. The molecule has 3 saturated carbocycles. The van der Waals surface area contributed by atoms with Crippen LogP contribution >= 0.6 is 23.5 Å². The van der Waals surface area contributed by atoms with Crippen LogP contribution in [0.25, 0.3) is 4.85 Å². The van der Waals surface area contributed by atoms with Crippen LogP contribution in [0.3, 0.4) is 0 Å². The Kier molecular flexibility index (Phi) is 18.0. The van der Waals surface area contributed by atoms with Crippen molar-refractivity contribution in [3.05, 3.63) is 46.1 Å². The van der Waals surface area contributed by atoms with Crippen LogP contribution in [-0.2, 0) is 47.7 Å². The molecule has 0 bridgehead atoms. The number of unbranched alkanes of at least 4 members (excludes halogenated alkanes) is 1. The number of fused-ring (bicyclic) bond motifs is 1. The predicted octanol–water partition coefficient (Wildman–Crippen LogP) is 9.16. The summed E-state index contributed by atoms with van der Waals surface area (Å²) in [4.78, 5) is 81.2. The summed E-state index contributed by atoms with van der Waals surface area (Å²) in [6.07, 6.45) is 10.2. The average molecular weight is 868 g/mol. The molecular formula is C45H57NO12S2. The van der Waals surface area contributed by atoms with Gasteiger partial charge in [0.25, 0.3) is 5.70 Å². The second-order valence-electron chi connectivity index (χ2n) is 16.3. The summed E-state index contributed by atoms with van der Waals surface area (Å²) in [5.41, 5.74) is -0.183. The summed E-state index contributed by atoms with van der Waals surface area (Å²) in [5, 5.41) is 0. The van der Waals surface area contributed by atoms with E-state index in [1.807, 2.05) is 13.8 Å². The van der Waals surface area contributed by atoms with E-state index in [-0.39, 0.29) is 84.7 Å². The fourth-order valence-corrected chi connectivity index (χ4v) is 10.2. The smallest absolute Gasteiger partial charge is 0.338 e. The van der Waals surface area contributed by atoms with Gasteiger partial charge in [0.05, 0.1) is 64.1 Å². The van der Waals surface area contributed by atoms with Crippen LogP contribution in [0.5, 0.6) is 11.5 Å². The van der Waals surface area contributed by atoms with Crippen LogP contribution in [0.2, 0.25) is 0 Å². The molecule has 0 N–H and O–H groups in total. The highest BCUT2D eigenvalue weighted by Gasteiger charge is 2.37. The second-order valence-corrected chi connectivity index (χ2v) is 18.6. The van der Waals surface area contributed by atoms with Gasteiger partial charge in [-0.2, -0.15) is 0 Å². The lowest BCUT2D eigenvalue weighted by Gasteiger charge is -2.30. The number of carbonyl (C=O) groups is 6. The molecule has 0 saturated heterocycles. The maximum Gasteiger partial charge on any atom is 0.338 e. The van der Waals surface area contributed by atoms with E-state index in [2.05, 4.69) is 18.3 Å².